The summed E-state index contributed by atoms with van der Waals surface area (Å²) < 4.78 is 6.39. The SMILES string of the molecule is BrCc1ncoc1-c1ccsc1Br. The molecular weight excluding hydrogens is 318 g/mol. The van der Waals surface area contributed by atoms with Crippen molar-refractivity contribution in [1.82, 2.24) is 4.98 Å². The molecule has 0 aliphatic carbocycles. The van der Waals surface area contributed by atoms with E-state index in [1.807, 2.05) is 11.4 Å². The van der Waals surface area contributed by atoms with Gasteiger partial charge in [-0.25, -0.2) is 4.98 Å². The maximum Gasteiger partial charge on any atom is 0.181 e. The number of oxazole rings is 1. The predicted octanol–water partition coefficient (Wildman–Crippen LogP) is 4.06. The fraction of sp³-hybridized carbons (Fsp3) is 0.125. The highest BCUT2D eigenvalue weighted by atomic mass is 79.9. The zero-order valence-corrected chi connectivity index (χ0v) is 10.4. The van der Waals surface area contributed by atoms with Gasteiger partial charge in [0.05, 0.1) is 9.48 Å². The smallest absolute Gasteiger partial charge is 0.181 e. The first kappa shape index (κ1) is 9.43. The number of halogens is 2. The summed E-state index contributed by atoms with van der Waals surface area (Å²) in [4.78, 5) is 4.10. The first-order valence-electron chi connectivity index (χ1n) is 3.54. The van der Waals surface area contributed by atoms with Crippen molar-refractivity contribution in [2.75, 3.05) is 0 Å². The zero-order chi connectivity index (χ0) is 9.26. The summed E-state index contributed by atoms with van der Waals surface area (Å²) in [5.74, 6) is 0.838. The Morgan fingerprint density at radius 1 is 1.54 bits per heavy atom. The van der Waals surface area contributed by atoms with E-state index >= 15 is 0 Å². The number of thiophene rings is 1. The monoisotopic (exact) mass is 321 g/mol. The zero-order valence-electron chi connectivity index (χ0n) is 6.46. The molecule has 0 fully saturated rings. The molecule has 0 aliphatic rings. The average molecular weight is 323 g/mol. The fourth-order valence-corrected chi connectivity index (χ4v) is 2.69. The van der Waals surface area contributed by atoms with Gasteiger partial charge in [0.1, 0.15) is 0 Å². The van der Waals surface area contributed by atoms with E-state index in [0.717, 1.165) is 20.8 Å². The summed E-state index contributed by atoms with van der Waals surface area (Å²) >= 11 is 8.47. The molecule has 2 rings (SSSR count). The van der Waals surface area contributed by atoms with Gasteiger partial charge in [-0.2, -0.15) is 0 Å². The number of nitrogens with zero attached hydrogens (tertiary/aromatic N) is 1. The molecule has 0 spiro atoms. The summed E-state index contributed by atoms with van der Waals surface area (Å²) in [5, 5.41) is 2.72. The number of hydrogen-bond donors (Lipinski definition) is 0. The molecule has 0 saturated heterocycles. The topological polar surface area (TPSA) is 26.0 Å². The summed E-state index contributed by atoms with van der Waals surface area (Å²) in [6.45, 7) is 0. The van der Waals surface area contributed by atoms with Crippen LogP contribution in [0.4, 0.5) is 0 Å². The van der Waals surface area contributed by atoms with E-state index in [9.17, 15) is 0 Å². The second-order valence-corrected chi connectivity index (χ2v) is 5.16. The maximum atomic E-state index is 5.32. The predicted molar refractivity (Wildman–Crippen MR) is 60.1 cm³/mol. The standard InChI is InChI=1S/C8H5Br2NOS/c9-3-6-7(12-4-11-6)5-1-2-13-8(5)10/h1-2,4H,3H2. The van der Waals surface area contributed by atoms with Crippen molar-refractivity contribution >= 4 is 43.2 Å². The summed E-state index contributed by atoms with van der Waals surface area (Å²) in [5.41, 5.74) is 2.00. The number of hydrogen-bond acceptors (Lipinski definition) is 3. The molecule has 2 heterocycles. The highest BCUT2D eigenvalue weighted by molar-refractivity contribution is 9.11. The lowest BCUT2D eigenvalue weighted by Crippen LogP contribution is -1.80. The number of aromatic nitrogens is 1. The van der Waals surface area contributed by atoms with Crippen LogP contribution in [0.25, 0.3) is 11.3 Å². The minimum Gasteiger partial charge on any atom is -0.443 e. The molecule has 0 bridgehead atoms. The second-order valence-electron chi connectivity index (χ2n) is 2.37. The van der Waals surface area contributed by atoms with Gasteiger partial charge in [0.2, 0.25) is 0 Å². The van der Waals surface area contributed by atoms with Crippen LogP contribution in [-0.4, -0.2) is 4.98 Å². The molecule has 2 nitrogen and oxygen atoms in total. The van der Waals surface area contributed by atoms with Crippen molar-refractivity contribution in [3.63, 3.8) is 0 Å². The Kier molecular flexibility index (Phi) is 2.86. The van der Waals surface area contributed by atoms with Gasteiger partial charge in [0.25, 0.3) is 0 Å². The Balaban J connectivity index is 2.52. The average Bonchev–Trinajstić information content (AvgIpc) is 2.71. The van der Waals surface area contributed by atoms with Crippen LogP contribution in [0.15, 0.2) is 26.0 Å². The van der Waals surface area contributed by atoms with Gasteiger partial charge in [-0.3, -0.25) is 0 Å². The summed E-state index contributed by atoms with van der Waals surface area (Å²) in [7, 11) is 0. The largest absolute Gasteiger partial charge is 0.443 e. The molecule has 68 valence electrons. The molecule has 0 radical (unpaired) electrons. The fourth-order valence-electron chi connectivity index (χ4n) is 1.04. The molecule has 2 aromatic rings. The molecule has 0 unspecified atom stereocenters. The lowest BCUT2D eigenvalue weighted by atomic mass is 10.2. The summed E-state index contributed by atoms with van der Waals surface area (Å²) in [6, 6.07) is 2.02. The van der Waals surface area contributed by atoms with E-state index in [1.165, 1.54) is 6.39 Å². The van der Waals surface area contributed by atoms with Crippen LogP contribution >= 0.6 is 43.2 Å². The van der Waals surface area contributed by atoms with Crippen molar-refractivity contribution in [3.05, 3.63) is 27.3 Å². The minimum atomic E-state index is 0.709. The number of rotatable bonds is 2. The Morgan fingerprint density at radius 3 is 3.00 bits per heavy atom. The molecule has 0 saturated carbocycles. The highest BCUT2D eigenvalue weighted by Crippen LogP contribution is 2.34. The molecule has 2 aromatic heterocycles. The first-order chi connectivity index (χ1) is 6.33. The third kappa shape index (κ3) is 1.73. The molecule has 0 aliphatic heterocycles. The Hall–Kier alpha value is -0.130. The van der Waals surface area contributed by atoms with Crippen LogP contribution in [0.5, 0.6) is 0 Å². The molecular formula is C8H5Br2NOS. The van der Waals surface area contributed by atoms with E-state index in [1.54, 1.807) is 11.3 Å². The van der Waals surface area contributed by atoms with Crippen LogP contribution in [-0.2, 0) is 5.33 Å². The third-order valence-corrected chi connectivity index (χ3v) is 3.85. The van der Waals surface area contributed by atoms with Crippen molar-refractivity contribution in [2.24, 2.45) is 0 Å². The van der Waals surface area contributed by atoms with Gasteiger partial charge in [-0.1, -0.05) is 15.9 Å². The van der Waals surface area contributed by atoms with Crippen molar-refractivity contribution in [2.45, 2.75) is 5.33 Å². The molecule has 13 heavy (non-hydrogen) atoms. The summed E-state index contributed by atoms with van der Waals surface area (Å²) in [6.07, 6.45) is 1.47. The third-order valence-electron chi connectivity index (χ3n) is 1.63. The molecule has 0 N–H and O–H groups in total. The second kappa shape index (κ2) is 3.94. The van der Waals surface area contributed by atoms with Crippen molar-refractivity contribution in [3.8, 4) is 11.3 Å². The quantitative estimate of drug-likeness (QED) is 0.779. The van der Waals surface area contributed by atoms with E-state index in [4.69, 9.17) is 4.42 Å². The molecule has 0 aromatic carbocycles. The number of alkyl halides is 1. The van der Waals surface area contributed by atoms with Gasteiger partial charge in [0, 0.05) is 10.9 Å². The first-order valence-corrected chi connectivity index (χ1v) is 6.34. The van der Waals surface area contributed by atoms with E-state index < -0.39 is 0 Å². The van der Waals surface area contributed by atoms with Crippen LogP contribution < -0.4 is 0 Å². The minimum absolute atomic E-state index is 0.709. The Labute approximate surface area is 96.2 Å². The molecule has 5 heteroatoms. The Bertz CT molecular complexity index is 410. The molecule has 0 atom stereocenters. The van der Waals surface area contributed by atoms with Gasteiger partial charge >= 0.3 is 0 Å². The van der Waals surface area contributed by atoms with E-state index in [-0.39, 0.29) is 0 Å². The van der Waals surface area contributed by atoms with Crippen LogP contribution in [0.3, 0.4) is 0 Å². The van der Waals surface area contributed by atoms with Gasteiger partial charge in [0.15, 0.2) is 12.2 Å². The van der Waals surface area contributed by atoms with Gasteiger partial charge in [-0.15, -0.1) is 11.3 Å². The maximum absolute atomic E-state index is 5.32. The van der Waals surface area contributed by atoms with E-state index in [0.29, 0.717) is 5.33 Å². The van der Waals surface area contributed by atoms with Crippen LogP contribution in [0.2, 0.25) is 0 Å². The normalized spacial score (nSPS) is 10.6. The van der Waals surface area contributed by atoms with Crippen LogP contribution in [0.1, 0.15) is 5.69 Å². The van der Waals surface area contributed by atoms with E-state index in [2.05, 4.69) is 36.8 Å². The van der Waals surface area contributed by atoms with Gasteiger partial charge < -0.3 is 4.42 Å². The van der Waals surface area contributed by atoms with Crippen LogP contribution in [0, 0.1) is 0 Å². The van der Waals surface area contributed by atoms with Crippen molar-refractivity contribution < 1.29 is 4.42 Å². The van der Waals surface area contributed by atoms with Crippen molar-refractivity contribution in [1.29, 1.82) is 0 Å². The highest BCUT2D eigenvalue weighted by Gasteiger charge is 2.13. The lowest BCUT2D eigenvalue weighted by molar-refractivity contribution is 0.571. The molecule has 0 amide bonds. The van der Waals surface area contributed by atoms with Gasteiger partial charge in [-0.05, 0) is 27.4 Å². The Morgan fingerprint density at radius 2 is 2.38 bits per heavy atom. The lowest BCUT2D eigenvalue weighted by Gasteiger charge is -1.94.